The summed E-state index contributed by atoms with van der Waals surface area (Å²) in [5.41, 5.74) is 0.877. The first-order valence-corrected chi connectivity index (χ1v) is 4.52. The van der Waals surface area contributed by atoms with Crippen LogP contribution in [0.5, 0.6) is 11.5 Å². The van der Waals surface area contributed by atoms with Crippen LogP contribution in [0.3, 0.4) is 0 Å². The number of aliphatic hydroxyl groups excluding tert-OH is 1. The van der Waals surface area contributed by atoms with Crippen LogP contribution in [0.4, 0.5) is 5.69 Å². The molecule has 1 aromatic rings. The summed E-state index contributed by atoms with van der Waals surface area (Å²) in [6, 6.07) is 5.04. The molecule has 0 aromatic heterocycles. The number of aromatic hydroxyl groups is 1. The SMILES string of the molecule is CNc1ccc(O)c(OCCCO)c1. The summed E-state index contributed by atoms with van der Waals surface area (Å²) in [4.78, 5) is 0. The largest absolute Gasteiger partial charge is 0.504 e. The summed E-state index contributed by atoms with van der Waals surface area (Å²) < 4.78 is 5.27. The minimum absolute atomic E-state index is 0.0898. The van der Waals surface area contributed by atoms with Crippen molar-refractivity contribution in [2.24, 2.45) is 0 Å². The zero-order chi connectivity index (χ0) is 10.4. The van der Waals surface area contributed by atoms with Gasteiger partial charge in [-0.1, -0.05) is 0 Å². The van der Waals surface area contributed by atoms with Gasteiger partial charge >= 0.3 is 0 Å². The van der Waals surface area contributed by atoms with E-state index in [1.54, 1.807) is 25.2 Å². The molecule has 0 saturated carbocycles. The lowest BCUT2D eigenvalue weighted by Gasteiger charge is -2.08. The van der Waals surface area contributed by atoms with Gasteiger partial charge in [-0.3, -0.25) is 0 Å². The molecule has 4 nitrogen and oxygen atoms in total. The van der Waals surface area contributed by atoms with Crippen molar-refractivity contribution >= 4 is 5.69 Å². The van der Waals surface area contributed by atoms with Gasteiger partial charge in [0.1, 0.15) is 0 Å². The smallest absolute Gasteiger partial charge is 0.162 e. The van der Waals surface area contributed by atoms with Crippen molar-refractivity contribution in [1.29, 1.82) is 0 Å². The standard InChI is InChI=1S/C10H15NO3/c1-11-8-3-4-9(13)10(7-8)14-6-2-5-12/h3-4,7,11-13H,2,5-6H2,1H3. The van der Waals surface area contributed by atoms with E-state index in [0.29, 0.717) is 18.8 Å². The summed E-state index contributed by atoms with van der Waals surface area (Å²) in [6.07, 6.45) is 0.559. The van der Waals surface area contributed by atoms with Crippen molar-refractivity contribution in [3.8, 4) is 11.5 Å². The lowest BCUT2D eigenvalue weighted by Crippen LogP contribution is -2.00. The Kier molecular flexibility index (Phi) is 4.07. The molecule has 78 valence electrons. The van der Waals surface area contributed by atoms with E-state index in [1.807, 2.05) is 0 Å². The number of aliphatic hydroxyl groups is 1. The number of hydrogen-bond donors (Lipinski definition) is 3. The minimum Gasteiger partial charge on any atom is -0.504 e. The molecule has 0 spiro atoms. The van der Waals surface area contributed by atoms with Crippen LogP contribution in [0.2, 0.25) is 0 Å². The topological polar surface area (TPSA) is 61.7 Å². The number of ether oxygens (including phenoxy) is 1. The van der Waals surface area contributed by atoms with Crippen molar-refractivity contribution in [2.75, 3.05) is 25.6 Å². The van der Waals surface area contributed by atoms with Crippen molar-refractivity contribution < 1.29 is 14.9 Å². The molecule has 0 atom stereocenters. The zero-order valence-electron chi connectivity index (χ0n) is 8.16. The van der Waals surface area contributed by atoms with Crippen molar-refractivity contribution in [1.82, 2.24) is 0 Å². The van der Waals surface area contributed by atoms with Gasteiger partial charge in [-0.25, -0.2) is 0 Å². The molecule has 0 aliphatic carbocycles. The van der Waals surface area contributed by atoms with Gasteiger partial charge in [-0.05, 0) is 12.1 Å². The quantitative estimate of drug-likeness (QED) is 0.490. The third-order valence-electron chi connectivity index (χ3n) is 1.81. The van der Waals surface area contributed by atoms with Gasteiger partial charge < -0.3 is 20.3 Å². The summed E-state index contributed by atoms with van der Waals surface area (Å²) in [5.74, 6) is 0.548. The normalized spacial score (nSPS) is 9.86. The fourth-order valence-electron chi connectivity index (χ4n) is 1.03. The highest BCUT2D eigenvalue weighted by atomic mass is 16.5. The Bertz CT molecular complexity index is 289. The Balaban J connectivity index is 2.64. The molecule has 0 heterocycles. The molecule has 1 aromatic carbocycles. The average Bonchev–Trinajstić information content (AvgIpc) is 2.21. The molecule has 0 amide bonds. The van der Waals surface area contributed by atoms with Crippen molar-refractivity contribution in [2.45, 2.75) is 6.42 Å². The highest BCUT2D eigenvalue weighted by molar-refractivity contribution is 5.53. The number of hydrogen-bond acceptors (Lipinski definition) is 4. The number of phenols is 1. The highest BCUT2D eigenvalue weighted by Crippen LogP contribution is 2.28. The maximum Gasteiger partial charge on any atom is 0.162 e. The van der Waals surface area contributed by atoms with Gasteiger partial charge in [0, 0.05) is 31.8 Å². The third kappa shape index (κ3) is 2.81. The molecule has 1 rings (SSSR count). The zero-order valence-corrected chi connectivity index (χ0v) is 8.16. The van der Waals surface area contributed by atoms with E-state index in [1.165, 1.54) is 0 Å². The van der Waals surface area contributed by atoms with E-state index >= 15 is 0 Å². The number of phenolic OH excluding ortho intramolecular Hbond substituents is 1. The molecule has 0 aliphatic heterocycles. The number of benzene rings is 1. The Morgan fingerprint density at radius 1 is 1.43 bits per heavy atom. The van der Waals surface area contributed by atoms with E-state index in [9.17, 15) is 5.11 Å². The second-order valence-corrected chi connectivity index (χ2v) is 2.86. The van der Waals surface area contributed by atoms with E-state index in [0.717, 1.165) is 5.69 Å². The first-order valence-electron chi connectivity index (χ1n) is 4.52. The molecule has 14 heavy (non-hydrogen) atoms. The molecule has 0 aliphatic rings. The van der Waals surface area contributed by atoms with Crippen molar-refractivity contribution in [3.63, 3.8) is 0 Å². The molecule has 4 heteroatoms. The molecule has 0 fully saturated rings. The minimum atomic E-state index is 0.0898. The summed E-state index contributed by atoms with van der Waals surface area (Å²) in [6.45, 7) is 0.490. The maximum absolute atomic E-state index is 9.41. The third-order valence-corrected chi connectivity index (χ3v) is 1.81. The van der Waals surface area contributed by atoms with Gasteiger partial charge in [-0.15, -0.1) is 0 Å². The van der Waals surface area contributed by atoms with Gasteiger partial charge in [0.15, 0.2) is 11.5 Å². The molecular formula is C10H15NO3. The predicted molar refractivity (Wildman–Crippen MR) is 54.9 cm³/mol. The van der Waals surface area contributed by atoms with Crippen molar-refractivity contribution in [3.05, 3.63) is 18.2 Å². The van der Waals surface area contributed by atoms with Gasteiger partial charge in [0.2, 0.25) is 0 Å². The lowest BCUT2D eigenvalue weighted by atomic mass is 10.3. The van der Waals surface area contributed by atoms with E-state index in [2.05, 4.69) is 5.32 Å². The van der Waals surface area contributed by atoms with Crippen LogP contribution in [0.1, 0.15) is 6.42 Å². The Hall–Kier alpha value is -1.42. The fourth-order valence-corrected chi connectivity index (χ4v) is 1.03. The van der Waals surface area contributed by atoms with Crippen LogP contribution in [-0.4, -0.2) is 30.5 Å². The van der Waals surface area contributed by atoms with Crippen LogP contribution < -0.4 is 10.1 Å². The monoisotopic (exact) mass is 197 g/mol. The lowest BCUT2D eigenvalue weighted by molar-refractivity contribution is 0.229. The molecule has 0 radical (unpaired) electrons. The van der Waals surface area contributed by atoms with Gasteiger partial charge in [-0.2, -0.15) is 0 Å². The highest BCUT2D eigenvalue weighted by Gasteiger charge is 2.02. The van der Waals surface area contributed by atoms with Crippen LogP contribution in [-0.2, 0) is 0 Å². The Labute approximate surface area is 83.1 Å². The first-order chi connectivity index (χ1) is 6.77. The second kappa shape index (κ2) is 5.34. The maximum atomic E-state index is 9.41. The van der Waals surface area contributed by atoms with E-state index in [4.69, 9.17) is 9.84 Å². The van der Waals surface area contributed by atoms with Crippen LogP contribution in [0, 0.1) is 0 Å². The number of nitrogens with one attached hydrogen (secondary N) is 1. The Morgan fingerprint density at radius 3 is 2.86 bits per heavy atom. The Morgan fingerprint density at radius 2 is 2.21 bits per heavy atom. The summed E-state index contributed by atoms with van der Waals surface area (Å²) in [7, 11) is 1.80. The van der Waals surface area contributed by atoms with Crippen LogP contribution in [0.15, 0.2) is 18.2 Å². The van der Waals surface area contributed by atoms with Crippen LogP contribution >= 0.6 is 0 Å². The predicted octanol–water partition coefficient (Wildman–Crippen LogP) is 1.20. The van der Waals surface area contributed by atoms with Gasteiger partial charge in [0.05, 0.1) is 6.61 Å². The average molecular weight is 197 g/mol. The fraction of sp³-hybridized carbons (Fsp3) is 0.400. The number of rotatable bonds is 5. The summed E-state index contributed by atoms with van der Waals surface area (Å²) in [5, 5.41) is 20.9. The summed E-state index contributed by atoms with van der Waals surface area (Å²) >= 11 is 0. The molecule has 0 unspecified atom stereocenters. The molecule has 0 bridgehead atoms. The molecule has 0 saturated heterocycles. The molecular weight excluding hydrogens is 182 g/mol. The van der Waals surface area contributed by atoms with E-state index in [-0.39, 0.29) is 12.4 Å². The van der Waals surface area contributed by atoms with Gasteiger partial charge in [0.25, 0.3) is 0 Å². The first kappa shape index (κ1) is 10.7. The molecule has 3 N–H and O–H groups in total. The second-order valence-electron chi connectivity index (χ2n) is 2.86. The van der Waals surface area contributed by atoms with Crippen LogP contribution in [0.25, 0.3) is 0 Å². The number of anilines is 1. The van der Waals surface area contributed by atoms with E-state index < -0.39 is 0 Å².